The van der Waals surface area contributed by atoms with Crippen LogP contribution in [0.1, 0.15) is 22.5 Å². The van der Waals surface area contributed by atoms with Crippen molar-refractivity contribution in [2.75, 3.05) is 24.3 Å². The van der Waals surface area contributed by atoms with Crippen LogP contribution in [0.4, 0.5) is 5.13 Å². The van der Waals surface area contributed by atoms with E-state index >= 15 is 0 Å². The van der Waals surface area contributed by atoms with Crippen LogP contribution in [-0.2, 0) is 24.8 Å². The number of carbonyl (C=O) groups is 3. The van der Waals surface area contributed by atoms with E-state index in [0.29, 0.717) is 17.1 Å². The van der Waals surface area contributed by atoms with Crippen molar-refractivity contribution in [2.24, 2.45) is 5.16 Å². The number of nitrogens with two attached hydrogens (primary N) is 1. The minimum atomic E-state index is -1.31. The quantitative estimate of drug-likeness (QED) is 0.0533. The highest BCUT2D eigenvalue weighted by Crippen LogP contribution is 2.44. The number of hydrazine groups is 1. The van der Waals surface area contributed by atoms with E-state index < -0.39 is 34.8 Å². The molecule has 4 heterocycles. The molecule has 0 saturated carbocycles. The Morgan fingerprint density at radius 3 is 2.18 bits per heavy atom. The Labute approximate surface area is 309 Å². The predicted molar refractivity (Wildman–Crippen MR) is 200 cm³/mol. The van der Waals surface area contributed by atoms with Crippen LogP contribution in [0.2, 0.25) is 0 Å². The zero-order valence-corrected chi connectivity index (χ0v) is 30.1. The summed E-state index contributed by atoms with van der Waals surface area (Å²) < 4.78 is 7.05. The first-order valence-corrected chi connectivity index (χ1v) is 19.1. The molecule has 7 rings (SSSR count). The topological polar surface area (TPSA) is 175 Å². The molecular weight excluding hydrogens is 729 g/mol. The van der Waals surface area contributed by atoms with E-state index in [9.17, 15) is 19.5 Å². The zero-order valence-electron chi connectivity index (χ0n) is 26.8. The first-order valence-electron chi connectivity index (χ1n) is 15.5. The number of hydrogen-bond acceptors (Lipinski definition) is 14. The number of nitrogen functional groups attached to an aromatic ring is 1. The molecular formula is C34H30N8O5S4. The summed E-state index contributed by atoms with van der Waals surface area (Å²) in [6, 6.07) is 27.5. The van der Waals surface area contributed by atoms with Gasteiger partial charge >= 0.3 is 5.97 Å². The van der Waals surface area contributed by atoms with Gasteiger partial charge in [-0.15, -0.1) is 23.5 Å². The van der Waals surface area contributed by atoms with Gasteiger partial charge in [0.2, 0.25) is 17.1 Å². The Balaban J connectivity index is 1.20. The van der Waals surface area contributed by atoms with Gasteiger partial charge < -0.3 is 26.4 Å². The van der Waals surface area contributed by atoms with Crippen molar-refractivity contribution >= 4 is 75.6 Å². The number of aliphatic carboxylic acids is 1. The summed E-state index contributed by atoms with van der Waals surface area (Å²) in [5.41, 5.74) is 10.2. The minimum Gasteiger partial charge on any atom is -0.477 e. The number of anilines is 1. The maximum atomic E-state index is 14.1. The molecule has 2 amide bonds. The Hall–Kier alpha value is -4.81. The second-order valence-corrected chi connectivity index (χ2v) is 15.7. The SMILES string of the molecule is CN1NC=C(SCC2=C(C(=O)O)N3C(=O)C(NC(=O)/C(=N\OC(c4ccccc4)(c4ccccc4)c4ccccc4)c4nsc(N)n4)[C@H]3SC2)S1. The summed E-state index contributed by atoms with van der Waals surface area (Å²) in [7, 11) is 1.87. The number of hydrogen-bond donors (Lipinski definition) is 4. The highest BCUT2D eigenvalue weighted by molar-refractivity contribution is 8.21. The van der Waals surface area contributed by atoms with Crippen LogP contribution in [0, 0.1) is 0 Å². The molecule has 1 unspecified atom stereocenters. The molecule has 1 saturated heterocycles. The molecule has 1 fully saturated rings. The standard InChI is InChI=1S/C34H30N8O5S4/c1-41-36-17-24(51-41)48-18-20-19-49-31-26(30(44)42(31)27(20)32(45)46)37-29(43)25(28-38-33(35)50-40-28)39-47-34(21-11-5-2-6-12-21,22-13-7-3-8-14-22)23-15-9-4-10-16-23/h2-17,26,31,36H,18-19H2,1H3,(H,37,43)(H,45,46)(H2,35,38,40)/b39-25-/t26?,31-/m1/s1. The molecule has 0 aliphatic carbocycles. The van der Waals surface area contributed by atoms with Gasteiger partial charge in [0, 0.05) is 53.0 Å². The first-order chi connectivity index (χ1) is 24.8. The van der Waals surface area contributed by atoms with Gasteiger partial charge in [0.05, 0.1) is 4.24 Å². The van der Waals surface area contributed by atoms with Crippen LogP contribution in [0.5, 0.6) is 0 Å². The fraction of sp³-hybridized carbons (Fsp3) is 0.176. The first kappa shape index (κ1) is 34.6. The Kier molecular flexibility index (Phi) is 10.1. The van der Waals surface area contributed by atoms with E-state index in [2.05, 4.69) is 25.3 Å². The number of carboxylic acid groups (broad SMARTS) is 1. The summed E-state index contributed by atoms with van der Waals surface area (Å²) in [6.45, 7) is 0. The lowest BCUT2D eigenvalue weighted by Gasteiger charge is -2.49. The zero-order chi connectivity index (χ0) is 35.5. The summed E-state index contributed by atoms with van der Waals surface area (Å²) in [5.74, 6) is -1.84. The van der Waals surface area contributed by atoms with Gasteiger partial charge in [-0.25, -0.2) is 4.79 Å². The highest BCUT2D eigenvalue weighted by Gasteiger charge is 2.54. The van der Waals surface area contributed by atoms with Crippen molar-refractivity contribution in [3.63, 3.8) is 0 Å². The van der Waals surface area contributed by atoms with E-state index in [-0.39, 0.29) is 22.4 Å². The second-order valence-electron chi connectivity index (χ2n) is 11.4. The number of carboxylic acids is 1. The number of rotatable bonds is 12. The average molecular weight is 759 g/mol. The van der Waals surface area contributed by atoms with Gasteiger partial charge in [0.15, 0.2) is 5.13 Å². The Morgan fingerprint density at radius 2 is 1.67 bits per heavy atom. The van der Waals surface area contributed by atoms with Crippen molar-refractivity contribution in [2.45, 2.75) is 17.0 Å². The summed E-state index contributed by atoms with van der Waals surface area (Å²) in [4.78, 5) is 52.1. The van der Waals surface area contributed by atoms with E-state index in [1.165, 1.54) is 40.4 Å². The van der Waals surface area contributed by atoms with Crippen LogP contribution in [0.15, 0.2) is 118 Å². The third-order valence-corrected chi connectivity index (χ3v) is 12.2. The number of β-lactam (4-membered cyclic amide) rings is 1. The van der Waals surface area contributed by atoms with Crippen LogP contribution < -0.4 is 16.5 Å². The predicted octanol–water partition coefficient (Wildman–Crippen LogP) is 4.20. The largest absolute Gasteiger partial charge is 0.477 e. The van der Waals surface area contributed by atoms with Crippen LogP contribution in [-0.4, -0.2) is 77.2 Å². The normalized spacial score (nSPS) is 19.2. The van der Waals surface area contributed by atoms with Crippen molar-refractivity contribution in [1.29, 1.82) is 0 Å². The molecule has 3 aliphatic rings. The smallest absolute Gasteiger partial charge is 0.352 e. The lowest BCUT2D eigenvalue weighted by Crippen LogP contribution is -2.71. The lowest BCUT2D eigenvalue weighted by molar-refractivity contribution is -0.150. The summed E-state index contributed by atoms with van der Waals surface area (Å²) in [5, 5.41) is 16.8. The van der Waals surface area contributed by atoms with Crippen LogP contribution >= 0.6 is 47.0 Å². The Morgan fingerprint density at radius 1 is 1.06 bits per heavy atom. The van der Waals surface area contributed by atoms with Crippen molar-refractivity contribution in [3.8, 4) is 0 Å². The van der Waals surface area contributed by atoms with E-state index in [4.69, 9.17) is 10.6 Å². The number of nitrogens with one attached hydrogen (secondary N) is 2. The molecule has 0 bridgehead atoms. The highest BCUT2D eigenvalue weighted by atomic mass is 32.2. The average Bonchev–Trinajstić information content (AvgIpc) is 3.79. The van der Waals surface area contributed by atoms with Gasteiger partial charge in [-0.2, -0.15) is 13.8 Å². The van der Waals surface area contributed by atoms with Crippen molar-refractivity contribution in [3.05, 3.63) is 135 Å². The molecule has 5 N–H and O–H groups in total. The van der Waals surface area contributed by atoms with Crippen LogP contribution in [0.3, 0.4) is 0 Å². The molecule has 1 aromatic heterocycles. The van der Waals surface area contributed by atoms with Crippen molar-refractivity contribution < 1.29 is 24.3 Å². The number of fused-ring (bicyclic) bond motifs is 1. The molecule has 13 nitrogen and oxygen atoms in total. The lowest BCUT2D eigenvalue weighted by atomic mass is 9.80. The third-order valence-electron chi connectivity index (χ3n) is 8.20. The van der Waals surface area contributed by atoms with Gasteiger partial charge in [-0.05, 0) is 17.5 Å². The number of carbonyl (C=O) groups excluding carboxylic acids is 2. The molecule has 260 valence electrons. The fourth-order valence-electron chi connectivity index (χ4n) is 5.87. The number of aromatic nitrogens is 2. The van der Waals surface area contributed by atoms with Gasteiger partial charge in [-0.1, -0.05) is 96.2 Å². The minimum absolute atomic E-state index is 0.0591. The van der Waals surface area contributed by atoms with E-state index in [0.717, 1.165) is 32.5 Å². The maximum Gasteiger partial charge on any atom is 0.352 e. The number of amides is 2. The summed E-state index contributed by atoms with van der Waals surface area (Å²) >= 11 is 5.25. The van der Waals surface area contributed by atoms with Gasteiger partial charge in [0.25, 0.3) is 11.8 Å². The molecule has 0 radical (unpaired) electrons. The molecule has 51 heavy (non-hydrogen) atoms. The van der Waals surface area contributed by atoms with Gasteiger partial charge in [-0.3, -0.25) is 14.5 Å². The monoisotopic (exact) mass is 758 g/mol. The fourth-order valence-corrected chi connectivity index (χ4v) is 9.67. The van der Waals surface area contributed by atoms with Crippen LogP contribution in [0.25, 0.3) is 0 Å². The molecule has 2 atom stereocenters. The molecule has 3 aromatic carbocycles. The van der Waals surface area contributed by atoms with Crippen molar-refractivity contribution in [1.82, 2.24) is 29.4 Å². The molecule has 0 spiro atoms. The number of nitrogens with zero attached hydrogens (tertiary/aromatic N) is 5. The molecule has 17 heteroatoms. The van der Waals surface area contributed by atoms with E-state index in [1.807, 2.05) is 109 Å². The molecule has 4 aromatic rings. The maximum absolute atomic E-state index is 14.1. The number of thioether (sulfide) groups is 2. The Bertz CT molecular complexity index is 1950. The second kappa shape index (κ2) is 14.8. The number of oxime groups is 1. The van der Waals surface area contributed by atoms with Gasteiger partial charge in [0.1, 0.15) is 17.1 Å². The summed E-state index contributed by atoms with van der Waals surface area (Å²) in [6.07, 6.45) is 1.84. The molecule has 3 aliphatic heterocycles. The van der Waals surface area contributed by atoms with E-state index in [1.54, 1.807) is 0 Å². The number of benzene rings is 3. The third kappa shape index (κ3) is 6.82.